The Bertz CT molecular complexity index is 776. The van der Waals surface area contributed by atoms with Crippen molar-refractivity contribution in [2.75, 3.05) is 44.7 Å². The molecule has 1 atom stereocenters. The SMILES string of the molecule is COc1ccccc1N1CCN(CC(=O)N[C@H](C)c2cccc(Cl)c2)CC1. The van der Waals surface area contributed by atoms with Crippen LogP contribution in [0.5, 0.6) is 5.75 Å². The Hall–Kier alpha value is -2.24. The molecule has 0 bridgehead atoms. The van der Waals surface area contributed by atoms with Crippen LogP contribution in [-0.2, 0) is 4.79 Å². The summed E-state index contributed by atoms with van der Waals surface area (Å²) in [6.45, 7) is 5.82. The van der Waals surface area contributed by atoms with Gasteiger partial charge >= 0.3 is 0 Å². The van der Waals surface area contributed by atoms with Crippen LogP contribution in [0.2, 0.25) is 5.02 Å². The van der Waals surface area contributed by atoms with Gasteiger partial charge in [0.05, 0.1) is 25.4 Å². The van der Waals surface area contributed by atoms with E-state index in [0.29, 0.717) is 11.6 Å². The monoisotopic (exact) mass is 387 g/mol. The lowest BCUT2D eigenvalue weighted by molar-refractivity contribution is -0.123. The largest absolute Gasteiger partial charge is 0.495 e. The van der Waals surface area contributed by atoms with Crippen molar-refractivity contribution < 1.29 is 9.53 Å². The van der Waals surface area contributed by atoms with Gasteiger partial charge in [0.2, 0.25) is 5.91 Å². The van der Waals surface area contributed by atoms with Crippen LogP contribution in [0, 0.1) is 0 Å². The number of benzene rings is 2. The molecule has 1 fully saturated rings. The average Bonchev–Trinajstić information content (AvgIpc) is 2.68. The minimum atomic E-state index is -0.0638. The number of anilines is 1. The summed E-state index contributed by atoms with van der Waals surface area (Å²) in [6.07, 6.45) is 0. The molecule has 0 aromatic heterocycles. The van der Waals surface area contributed by atoms with Gasteiger partial charge in [-0.25, -0.2) is 0 Å². The number of carbonyl (C=O) groups excluding carboxylic acids is 1. The maximum Gasteiger partial charge on any atom is 0.234 e. The van der Waals surface area contributed by atoms with Crippen LogP contribution in [0.1, 0.15) is 18.5 Å². The number of rotatable bonds is 6. The molecule has 2 aromatic rings. The van der Waals surface area contributed by atoms with E-state index < -0.39 is 0 Å². The highest BCUT2D eigenvalue weighted by molar-refractivity contribution is 6.30. The third-order valence-corrected chi connectivity index (χ3v) is 5.13. The van der Waals surface area contributed by atoms with E-state index in [1.807, 2.05) is 49.4 Å². The third kappa shape index (κ3) is 5.15. The summed E-state index contributed by atoms with van der Waals surface area (Å²) < 4.78 is 5.46. The summed E-state index contributed by atoms with van der Waals surface area (Å²) in [5.74, 6) is 0.923. The van der Waals surface area contributed by atoms with E-state index in [2.05, 4.69) is 21.2 Å². The predicted molar refractivity (Wildman–Crippen MR) is 110 cm³/mol. The molecule has 1 saturated heterocycles. The molecule has 144 valence electrons. The molecule has 0 spiro atoms. The number of hydrogen-bond donors (Lipinski definition) is 1. The summed E-state index contributed by atoms with van der Waals surface area (Å²) in [4.78, 5) is 16.9. The van der Waals surface area contributed by atoms with Crippen LogP contribution >= 0.6 is 11.6 Å². The van der Waals surface area contributed by atoms with Crippen molar-refractivity contribution in [1.29, 1.82) is 0 Å². The maximum atomic E-state index is 12.4. The van der Waals surface area contributed by atoms with E-state index in [4.69, 9.17) is 16.3 Å². The molecule has 3 rings (SSSR count). The summed E-state index contributed by atoms with van der Waals surface area (Å²) in [6, 6.07) is 15.6. The number of halogens is 1. The maximum absolute atomic E-state index is 12.4. The molecule has 0 unspecified atom stereocenters. The molecule has 1 heterocycles. The van der Waals surface area contributed by atoms with Crippen molar-refractivity contribution in [2.45, 2.75) is 13.0 Å². The summed E-state index contributed by atoms with van der Waals surface area (Å²) >= 11 is 6.03. The van der Waals surface area contributed by atoms with Gasteiger partial charge in [-0.3, -0.25) is 9.69 Å². The fraction of sp³-hybridized carbons (Fsp3) is 0.381. The Morgan fingerprint density at radius 1 is 1.15 bits per heavy atom. The second-order valence-corrected chi connectivity index (χ2v) is 7.22. The highest BCUT2D eigenvalue weighted by atomic mass is 35.5. The van der Waals surface area contributed by atoms with Crippen LogP contribution in [0.15, 0.2) is 48.5 Å². The summed E-state index contributed by atoms with van der Waals surface area (Å²) in [7, 11) is 1.69. The molecular weight excluding hydrogens is 362 g/mol. The van der Waals surface area contributed by atoms with Gasteiger partial charge in [0.15, 0.2) is 0 Å². The number of nitrogens with zero attached hydrogens (tertiary/aromatic N) is 2. The molecule has 2 aromatic carbocycles. The molecular formula is C21H26ClN3O2. The number of carbonyl (C=O) groups is 1. The van der Waals surface area contributed by atoms with Gasteiger partial charge in [-0.15, -0.1) is 0 Å². The molecule has 27 heavy (non-hydrogen) atoms. The molecule has 1 N–H and O–H groups in total. The van der Waals surface area contributed by atoms with Crippen molar-refractivity contribution in [3.05, 3.63) is 59.1 Å². The zero-order valence-electron chi connectivity index (χ0n) is 15.8. The fourth-order valence-corrected chi connectivity index (χ4v) is 3.59. The van der Waals surface area contributed by atoms with E-state index in [1.165, 1.54) is 0 Å². The first-order valence-electron chi connectivity index (χ1n) is 9.22. The first-order valence-corrected chi connectivity index (χ1v) is 9.60. The van der Waals surface area contributed by atoms with E-state index in [1.54, 1.807) is 7.11 Å². The topological polar surface area (TPSA) is 44.8 Å². The lowest BCUT2D eigenvalue weighted by atomic mass is 10.1. The standard InChI is InChI=1S/C21H26ClN3O2/c1-16(17-6-5-7-18(22)14-17)23-21(26)15-24-10-12-25(13-11-24)19-8-3-4-9-20(19)27-2/h3-9,14,16H,10-13,15H2,1-2H3,(H,23,26)/t16-/m1/s1. The van der Waals surface area contributed by atoms with Crippen molar-refractivity contribution in [3.63, 3.8) is 0 Å². The first kappa shape index (κ1) is 19.5. The predicted octanol–water partition coefficient (Wildman–Crippen LogP) is 3.35. The Labute approximate surface area is 165 Å². The van der Waals surface area contributed by atoms with Crippen LogP contribution in [0.4, 0.5) is 5.69 Å². The molecule has 6 heteroatoms. The number of piperazine rings is 1. The second kappa shape index (κ2) is 9.11. The second-order valence-electron chi connectivity index (χ2n) is 6.78. The normalized spacial score (nSPS) is 16.0. The molecule has 0 radical (unpaired) electrons. The number of nitrogens with one attached hydrogen (secondary N) is 1. The van der Waals surface area contributed by atoms with Crippen molar-refractivity contribution in [3.8, 4) is 5.75 Å². The van der Waals surface area contributed by atoms with E-state index in [-0.39, 0.29) is 11.9 Å². The van der Waals surface area contributed by atoms with Crippen LogP contribution in [0.25, 0.3) is 0 Å². The Morgan fingerprint density at radius 3 is 2.59 bits per heavy atom. The Morgan fingerprint density at radius 2 is 1.89 bits per heavy atom. The number of ether oxygens (including phenoxy) is 1. The van der Waals surface area contributed by atoms with Crippen molar-refractivity contribution in [1.82, 2.24) is 10.2 Å². The number of amides is 1. The van der Waals surface area contributed by atoms with Crippen LogP contribution in [-0.4, -0.2) is 50.6 Å². The highest BCUT2D eigenvalue weighted by Crippen LogP contribution is 2.28. The molecule has 0 saturated carbocycles. The van der Waals surface area contributed by atoms with Crippen LogP contribution < -0.4 is 15.0 Å². The van der Waals surface area contributed by atoms with Crippen LogP contribution in [0.3, 0.4) is 0 Å². The highest BCUT2D eigenvalue weighted by Gasteiger charge is 2.21. The quantitative estimate of drug-likeness (QED) is 0.825. The van der Waals surface area contributed by atoms with Crippen molar-refractivity contribution in [2.24, 2.45) is 0 Å². The number of hydrogen-bond acceptors (Lipinski definition) is 4. The minimum Gasteiger partial charge on any atom is -0.495 e. The molecule has 0 aliphatic carbocycles. The molecule has 1 aliphatic rings. The first-order chi connectivity index (χ1) is 13.1. The number of para-hydroxylation sites is 2. The van der Waals surface area contributed by atoms with Gasteiger partial charge in [0, 0.05) is 31.2 Å². The average molecular weight is 388 g/mol. The van der Waals surface area contributed by atoms with Gasteiger partial charge in [-0.2, -0.15) is 0 Å². The van der Waals surface area contributed by atoms with E-state index >= 15 is 0 Å². The smallest absolute Gasteiger partial charge is 0.234 e. The summed E-state index contributed by atoms with van der Waals surface area (Å²) in [5, 5.41) is 3.74. The fourth-order valence-electron chi connectivity index (χ4n) is 3.39. The number of methoxy groups -OCH3 is 1. The molecule has 1 amide bonds. The lowest BCUT2D eigenvalue weighted by Crippen LogP contribution is -2.49. The Kier molecular flexibility index (Phi) is 6.58. The third-order valence-electron chi connectivity index (χ3n) is 4.89. The van der Waals surface area contributed by atoms with Gasteiger partial charge in [0.25, 0.3) is 0 Å². The van der Waals surface area contributed by atoms with E-state index in [9.17, 15) is 4.79 Å². The minimum absolute atomic E-state index is 0.0354. The Balaban J connectivity index is 1.49. The lowest BCUT2D eigenvalue weighted by Gasteiger charge is -2.36. The van der Waals surface area contributed by atoms with Gasteiger partial charge in [-0.1, -0.05) is 35.9 Å². The van der Waals surface area contributed by atoms with Gasteiger partial charge < -0.3 is 15.0 Å². The van der Waals surface area contributed by atoms with Gasteiger partial charge in [0.1, 0.15) is 5.75 Å². The molecule has 1 aliphatic heterocycles. The zero-order valence-corrected chi connectivity index (χ0v) is 16.6. The van der Waals surface area contributed by atoms with E-state index in [0.717, 1.165) is 43.2 Å². The summed E-state index contributed by atoms with van der Waals surface area (Å²) in [5.41, 5.74) is 2.12. The molecule has 5 nitrogen and oxygen atoms in total. The zero-order chi connectivity index (χ0) is 19.2. The van der Waals surface area contributed by atoms with Crippen molar-refractivity contribution >= 4 is 23.2 Å². The van der Waals surface area contributed by atoms with Gasteiger partial charge in [-0.05, 0) is 36.8 Å².